The summed E-state index contributed by atoms with van der Waals surface area (Å²) in [4.78, 5) is 13.1. The maximum Gasteiger partial charge on any atom is 0.220 e. The summed E-state index contributed by atoms with van der Waals surface area (Å²) in [5, 5.41) is 54.5. The van der Waals surface area contributed by atoms with Crippen molar-refractivity contribution in [1.29, 1.82) is 0 Å². The highest BCUT2D eigenvalue weighted by Gasteiger charge is 2.44. The van der Waals surface area contributed by atoms with Crippen LogP contribution in [0.3, 0.4) is 0 Å². The highest BCUT2D eigenvalue weighted by atomic mass is 16.7. The highest BCUT2D eigenvalue weighted by molar-refractivity contribution is 5.76. The molecule has 0 aliphatic carbocycles. The second kappa shape index (κ2) is 57.6. The Hall–Kier alpha value is -3.67. The number of ether oxygens (including phenoxy) is 2. The first kappa shape index (κ1) is 73.3. The van der Waals surface area contributed by atoms with Crippen molar-refractivity contribution in [2.45, 2.75) is 288 Å². The average Bonchev–Trinajstić information content (AvgIpc) is 3.48. The Bertz CT molecular complexity index is 1700. The van der Waals surface area contributed by atoms with Crippen LogP contribution in [0.25, 0.3) is 0 Å². The van der Waals surface area contributed by atoms with Crippen LogP contribution in [0, 0.1) is 0 Å². The molecular weight excluding hydrogens is 983 g/mol. The molecule has 1 fully saturated rings. The fourth-order valence-corrected chi connectivity index (χ4v) is 9.22. The lowest BCUT2D eigenvalue weighted by atomic mass is 9.99. The van der Waals surface area contributed by atoms with Crippen LogP contribution in [-0.2, 0) is 14.3 Å². The Morgan fingerprint density at radius 3 is 1.22 bits per heavy atom. The third kappa shape index (κ3) is 46.6. The van der Waals surface area contributed by atoms with Crippen LogP contribution >= 0.6 is 0 Å². The quantitative estimate of drug-likeness (QED) is 0.0261. The summed E-state index contributed by atoms with van der Waals surface area (Å²) in [7, 11) is 0. The number of rotatable bonds is 53. The van der Waals surface area contributed by atoms with Crippen molar-refractivity contribution in [3.63, 3.8) is 0 Å². The lowest BCUT2D eigenvalue weighted by Crippen LogP contribution is -2.60. The van der Waals surface area contributed by atoms with Crippen LogP contribution in [-0.4, -0.2) is 87.5 Å². The maximum absolute atomic E-state index is 13.1. The van der Waals surface area contributed by atoms with Gasteiger partial charge in [-0.3, -0.25) is 4.79 Å². The Labute approximate surface area is 483 Å². The van der Waals surface area contributed by atoms with E-state index in [0.29, 0.717) is 6.42 Å². The summed E-state index contributed by atoms with van der Waals surface area (Å²) >= 11 is 0. The predicted molar refractivity (Wildman–Crippen MR) is 336 cm³/mol. The number of aliphatic hydroxyl groups excluding tert-OH is 5. The van der Waals surface area contributed by atoms with Crippen LogP contribution in [0.15, 0.2) is 134 Å². The molecule has 7 unspecified atom stereocenters. The molecule has 0 saturated carbocycles. The smallest absolute Gasteiger partial charge is 0.220 e. The normalized spacial score (nSPS) is 19.5. The molecule has 1 saturated heterocycles. The molecule has 0 bridgehead atoms. The zero-order valence-corrected chi connectivity index (χ0v) is 50.1. The second-order valence-electron chi connectivity index (χ2n) is 21.5. The number of amides is 1. The number of carbonyl (C=O) groups is 1. The number of nitrogens with one attached hydrogen (secondary N) is 1. The molecule has 1 rings (SSSR count). The SMILES string of the molecule is CC/C=C\C/C=C\C/C=C\C/C=C\C/C=C\C/C=C\C/C=C\C/C=C\C/C=C\CCCCCCCCCCCCCC(=O)NC(COC1OC(CO)C(O)C(O)C1O)C(O)/C=C/CC/C=C/CCCCCCCCCCCCC. The average molecular weight is 1100 g/mol. The van der Waals surface area contributed by atoms with Crippen molar-refractivity contribution < 1.29 is 39.8 Å². The van der Waals surface area contributed by atoms with Crippen molar-refractivity contribution >= 4 is 5.91 Å². The van der Waals surface area contributed by atoms with Gasteiger partial charge in [-0.1, -0.05) is 270 Å². The van der Waals surface area contributed by atoms with Gasteiger partial charge in [0.15, 0.2) is 6.29 Å². The Kier molecular flexibility index (Phi) is 53.4. The molecule has 0 radical (unpaired) electrons. The second-order valence-corrected chi connectivity index (χ2v) is 21.5. The van der Waals surface area contributed by atoms with Gasteiger partial charge in [0.05, 0.1) is 25.4 Å². The topological polar surface area (TPSA) is 149 Å². The summed E-state index contributed by atoms with van der Waals surface area (Å²) in [6.45, 7) is 3.64. The van der Waals surface area contributed by atoms with Gasteiger partial charge in [0.2, 0.25) is 5.91 Å². The molecule has 6 N–H and O–H groups in total. The molecule has 0 aromatic rings. The molecule has 79 heavy (non-hydrogen) atoms. The molecule has 1 aliphatic rings. The summed E-state index contributed by atoms with van der Waals surface area (Å²) in [6, 6.07) is -0.832. The first-order valence-electron chi connectivity index (χ1n) is 31.9. The van der Waals surface area contributed by atoms with Gasteiger partial charge < -0.3 is 40.3 Å². The van der Waals surface area contributed by atoms with Crippen molar-refractivity contribution in [2.75, 3.05) is 13.2 Å². The van der Waals surface area contributed by atoms with Crippen LogP contribution in [0.1, 0.15) is 245 Å². The van der Waals surface area contributed by atoms with E-state index in [0.717, 1.165) is 109 Å². The lowest BCUT2D eigenvalue weighted by Gasteiger charge is -2.40. The summed E-state index contributed by atoms with van der Waals surface area (Å²) < 4.78 is 11.3. The standard InChI is InChI=1S/C70H117NO8/c1-3-5-7-9-11-13-15-17-19-21-22-23-24-25-26-27-28-29-30-31-32-33-34-35-36-37-38-39-40-41-42-44-46-48-50-52-54-56-58-60-66(74)71-63(62-78-70-69(77)68(76)67(75)65(61-72)79-70)64(73)59-57-55-53-51-49-47-45-43-20-18-16-14-12-10-8-6-4-2/h5,7,11,13,17,19,22-23,25-26,28-29,31-32,34-35,37-38,49,51,57,59,63-65,67-70,72-73,75-77H,3-4,6,8-10,12,14-16,18,20-21,24,27,30,33,36,39-48,50,52-56,58,60-62H2,1-2H3,(H,71,74)/b7-5-,13-11-,19-17-,23-22-,26-25-,29-28-,32-31-,35-34-,38-37-,51-49+,59-57+. The van der Waals surface area contributed by atoms with E-state index in [1.807, 2.05) is 6.08 Å². The minimum atomic E-state index is -1.58. The van der Waals surface area contributed by atoms with E-state index in [2.05, 4.69) is 141 Å². The summed E-state index contributed by atoms with van der Waals surface area (Å²) in [6.07, 6.45) is 81.0. The van der Waals surface area contributed by atoms with Crippen LogP contribution < -0.4 is 5.32 Å². The highest BCUT2D eigenvalue weighted by Crippen LogP contribution is 2.23. The Morgan fingerprint density at radius 2 is 0.797 bits per heavy atom. The van der Waals surface area contributed by atoms with Crippen molar-refractivity contribution in [3.05, 3.63) is 134 Å². The number of carbonyl (C=O) groups excluding carboxylic acids is 1. The van der Waals surface area contributed by atoms with Gasteiger partial charge in [-0.05, 0) is 103 Å². The largest absolute Gasteiger partial charge is 0.394 e. The van der Waals surface area contributed by atoms with Gasteiger partial charge in [0.1, 0.15) is 24.4 Å². The molecule has 7 atom stereocenters. The summed E-state index contributed by atoms with van der Waals surface area (Å²) in [5.74, 6) is -0.195. The monoisotopic (exact) mass is 1100 g/mol. The molecule has 1 heterocycles. The molecular formula is C70H117NO8. The third-order valence-corrected chi connectivity index (χ3v) is 14.2. The number of unbranched alkanes of at least 4 members (excludes halogenated alkanes) is 23. The van der Waals surface area contributed by atoms with E-state index in [1.54, 1.807) is 6.08 Å². The van der Waals surface area contributed by atoms with Crippen LogP contribution in [0.2, 0.25) is 0 Å². The van der Waals surface area contributed by atoms with E-state index < -0.39 is 49.5 Å². The molecule has 450 valence electrons. The fraction of sp³-hybridized carbons (Fsp3) is 0.671. The van der Waals surface area contributed by atoms with E-state index in [1.165, 1.54) is 116 Å². The van der Waals surface area contributed by atoms with Gasteiger partial charge in [-0.25, -0.2) is 0 Å². The van der Waals surface area contributed by atoms with E-state index >= 15 is 0 Å². The molecule has 0 aromatic heterocycles. The van der Waals surface area contributed by atoms with E-state index in [9.17, 15) is 30.3 Å². The summed E-state index contributed by atoms with van der Waals surface area (Å²) in [5.41, 5.74) is 0. The van der Waals surface area contributed by atoms with Gasteiger partial charge in [0, 0.05) is 6.42 Å². The maximum atomic E-state index is 13.1. The first-order chi connectivity index (χ1) is 38.8. The van der Waals surface area contributed by atoms with Crippen LogP contribution in [0.5, 0.6) is 0 Å². The molecule has 0 spiro atoms. The molecule has 1 aliphatic heterocycles. The molecule has 9 nitrogen and oxygen atoms in total. The van der Waals surface area contributed by atoms with Crippen molar-refractivity contribution in [3.8, 4) is 0 Å². The fourth-order valence-electron chi connectivity index (χ4n) is 9.22. The molecule has 9 heteroatoms. The zero-order valence-electron chi connectivity index (χ0n) is 50.1. The van der Waals surface area contributed by atoms with Gasteiger partial charge >= 0.3 is 0 Å². The predicted octanol–water partition coefficient (Wildman–Crippen LogP) is 16.9. The zero-order chi connectivity index (χ0) is 57.2. The minimum Gasteiger partial charge on any atom is -0.394 e. The van der Waals surface area contributed by atoms with E-state index in [-0.39, 0.29) is 12.5 Å². The van der Waals surface area contributed by atoms with Gasteiger partial charge in [0.25, 0.3) is 0 Å². The number of aliphatic hydroxyl groups is 5. The van der Waals surface area contributed by atoms with E-state index in [4.69, 9.17) is 9.47 Å². The number of allylic oxidation sites excluding steroid dienone is 21. The number of hydrogen-bond donors (Lipinski definition) is 6. The van der Waals surface area contributed by atoms with Gasteiger partial charge in [-0.2, -0.15) is 0 Å². The Morgan fingerprint density at radius 1 is 0.443 bits per heavy atom. The molecule has 0 aromatic carbocycles. The Balaban J connectivity index is 2.16. The van der Waals surface area contributed by atoms with Crippen molar-refractivity contribution in [2.24, 2.45) is 0 Å². The minimum absolute atomic E-state index is 0.195. The lowest BCUT2D eigenvalue weighted by molar-refractivity contribution is -0.302. The van der Waals surface area contributed by atoms with Crippen LogP contribution in [0.4, 0.5) is 0 Å². The molecule has 1 amide bonds. The van der Waals surface area contributed by atoms with Crippen molar-refractivity contribution in [1.82, 2.24) is 5.32 Å². The number of hydrogen-bond acceptors (Lipinski definition) is 8. The first-order valence-corrected chi connectivity index (χ1v) is 31.9. The third-order valence-electron chi connectivity index (χ3n) is 14.2. The van der Waals surface area contributed by atoms with Gasteiger partial charge in [-0.15, -0.1) is 0 Å².